The van der Waals surface area contributed by atoms with Crippen molar-refractivity contribution >= 4 is 23.9 Å². The van der Waals surface area contributed by atoms with Crippen LogP contribution in [0.15, 0.2) is 48.6 Å². The largest absolute Gasteiger partial charge is 0.479 e. The quantitative estimate of drug-likeness (QED) is 0.0228. The molecule has 12 heteroatoms. The number of aliphatic hydroxyl groups excluding tert-OH is 2. The van der Waals surface area contributed by atoms with E-state index in [-0.39, 0.29) is 25.9 Å². The first-order valence-corrected chi connectivity index (χ1v) is 27.6. The van der Waals surface area contributed by atoms with E-state index in [1.807, 2.05) is 0 Å². The maximum atomic E-state index is 13.1. The number of rotatable bonds is 46. The Balaban J connectivity index is 2.73. The summed E-state index contributed by atoms with van der Waals surface area (Å²) in [5.41, 5.74) is 0. The number of hydrogen-bond acceptors (Lipinski definition) is 11. The number of hydrogen-bond donors (Lipinski definition) is 3. The summed E-state index contributed by atoms with van der Waals surface area (Å²) < 4.78 is 28.3. The molecule has 1 rings (SSSR count). The molecule has 0 radical (unpaired) electrons. The number of unbranched alkanes of at least 4 members (excludes halogenated alkanes) is 24. The number of ether oxygens (including phenoxy) is 5. The lowest BCUT2D eigenvalue weighted by molar-refractivity contribution is -0.301. The van der Waals surface area contributed by atoms with Crippen LogP contribution in [0.2, 0.25) is 0 Å². The van der Waals surface area contributed by atoms with Crippen molar-refractivity contribution in [2.75, 3.05) is 13.2 Å². The first-order valence-electron chi connectivity index (χ1n) is 27.6. The van der Waals surface area contributed by atoms with E-state index < -0.39 is 67.3 Å². The van der Waals surface area contributed by atoms with Gasteiger partial charge in [0.1, 0.15) is 18.8 Å². The number of carboxylic acids is 1. The SMILES string of the molecule is CC/C=C\C/C=C\C/C=C\C/C=C\CCCCC(=O)OCC(COC1OC(C(=O)O)C(O)C(O)C1OC(=O)CCCCCCCCCCCCCCC)OC(=O)CCCCCCCCCCCCC. The Morgan fingerprint density at radius 2 is 0.913 bits per heavy atom. The van der Waals surface area contributed by atoms with E-state index in [9.17, 15) is 34.5 Å². The van der Waals surface area contributed by atoms with Gasteiger partial charge in [-0.15, -0.1) is 0 Å². The molecule has 1 fully saturated rings. The zero-order valence-corrected chi connectivity index (χ0v) is 43.6. The first kappa shape index (κ1) is 63.7. The average Bonchev–Trinajstić information content (AvgIpc) is 3.33. The van der Waals surface area contributed by atoms with Crippen molar-refractivity contribution in [3.05, 3.63) is 48.6 Å². The van der Waals surface area contributed by atoms with Crippen molar-refractivity contribution in [1.82, 2.24) is 0 Å². The predicted octanol–water partition coefficient (Wildman–Crippen LogP) is 13.4. The normalized spacial score (nSPS) is 19.0. The van der Waals surface area contributed by atoms with Crippen LogP contribution >= 0.6 is 0 Å². The van der Waals surface area contributed by atoms with Gasteiger partial charge in [0, 0.05) is 19.3 Å². The van der Waals surface area contributed by atoms with E-state index in [4.69, 9.17) is 23.7 Å². The minimum atomic E-state index is -1.90. The van der Waals surface area contributed by atoms with Crippen LogP contribution in [0, 0.1) is 0 Å². The Kier molecular flexibility index (Phi) is 42.3. The van der Waals surface area contributed by atoms with Gasteiger partial charge in [0.25, 0.3) is 0 Å². The Labute approximate surface area is 418 Å². The lowest BCUT2D eigenvalue weighted by Crippen LogP contribution is -2.61. The molecule has 69 heavy (non-hydrogen) atoms. The molecule has 0 bridgehead atoms. The number of aliphatic carboxylic acids is 1. The van der Waals surface area contributed by atoms with Gasteiger partial charge in [-0.05, 0) is 57.8 Å². The molecule has 0 aromatic heterocycles. The Morgan fingerprint density at radius 1 is 0.493 bits per heavy atom. The zero-order chi connectivity index (χ0) is 50.4. The highest BCUT2D eigenvalue weighted by Gasteiger charge is 2.50. The molecule has 1 aliphatic rings. The summed E-state index contributed by atoms with van der Waals surface area (Å²) in [6, 6.07) is 0. The third kappa shape index (κ3) is 36.3. The van der Waals surface area contributed by atoms with Gasteiger partial charge < -0.3 is 39.0 Å². The molecule has 0 aromatic rings. The highest BCUT2D eigenvalue weighted by atomic mass is 16.7. The molecule has 0 aliphatic carbocycles. The van der Waals surface area contributed by atoms with Crippen LogP contribution in [-0.4, -0.2) is 89.2 Å². The Morgan fingerprint density at radius 3 is 1.39 bits per heavy atom. The van der Waals surface area contributed by atoms with Gasteiger partial charge in [-0.2, -0.15) is 0 Å². The third-order valence-electron chi connectivity index (χ3n) is 12.4. The lowest BCUT2D eigenvalue weighted by atomic mass is 9.98. The Bertz CT molecular complexity index is 1390. The second-order valence-corrected chi connectivity index (χ2v) is 18.9. The van der Waals surface area contributed by atoms with Gasteiger partial charge in [-0.1, -0.05) is 211 Å². The van der Waals surface area contributed by atoms with Gasteiger partial charge in [-0.3, -0.25) is 14.4 Å². The van der Waals surface area contributed by atoms with Crippen molar-refractivity contribution in [3.63, 3.8) is 0 Å². The highest BCUT2D eigenvalue weighted by Crippen LogP contribution is 2.26. The summed E-state index contributed by atoms with van der Waals surface area (Å²) in [7, 11) is 0. The molecule has 0 amide bonds. The number of allylic oxidation sites excluding steroid dienone is 8. The van der Waals surface area contributed by atoms with Crippen LogP contribution in [0.25, 0.3) is 0 Å². The molecule has 1 aliphatic heterocycles. The van der Waals surface area contributed by atoms with Crippen LogP contribution in [-0.2, 0) is 42.9 Å². The third-order valence-corrected chi connectivity index (χ3v) is 12.4. The van der Waals surface area contributed by atoms with Gasteiger partial charge in [0.05, 0.1) is 6.61 Å². The predicted molar refractivity (Wildman–Crippen MR) is 276 cm³/mol. The zero-order valence-electron chi connectivity index (χ0n) is 43.6. The van der Waals surface area contributed by atoms with Crippen molar-refractivity contribution in [2.45, 2.75) is 276 Å². The van der Waals surface area contributed by atoms with E-state index >= 15 is 0 Å². The fourth-order valence-electron chi connectivity index (χ4n) is 8.18. The molecule has 0 saturated carbocycles. The number of carbonyl (C=O) groups excluding carboxylic acids is 3. The number of aliphatic hydroxyl groups is 2. The monoisotopic (exact) mass is 975 g/mol. The summed E-state index contributed by atoms with van der Waals surface area (Å²) in [6.45, 7) is 5.82. The van der Waals surface area contributed by atoms with E-state index in [0.29, 0.717) is 19.3 Å². The van der Waals surface area contributed by atoms with E-state index in [0.717, 1.165) is 83.5 Å². The van der Waals surface area contributed by atoms with E-state index in [1.165, 1.54) is 96.3 Å². The van der Waals surface area contributed by atoms with Crippen LogP contribution < -0.4 is 0 Å². The highest BCUT2D eigenvalue weighted by molar-refractivity contribution is 5.74. The molecule has 0 spiro atoms. The topological polar surface area (TPSA) is 175 Å². The summed E-state index contributed by atoms with van der Waals surface area (Å²) in [5, 5.41) is 31.4. The minimum absolute atomic E-state index is 0.0604. The van der Waals surface area contributed by atoms with E-state index in [2.05, 4.69) is 69.4 Å². The number of esters is 3. The first-order chi connectivity index (χ1) is 33.6. The van der Waals surface area contributed by atoms with Gasteiger partial charge in [0.15, 0.2) is 24.6 Å². The summed E-state index contributed by atoms with van der Waals surface area (Å²) in [6.07, 6.45) is 41.0. The maximum Gasteiger partial charge on any atom is 0.335 e. The average molecular weight is 975 g/mol. The van der Waals surface area contributed by atoms with Crippen LogP contribution in [0.5, 0.6) is 0 Å². The Hall–Kier alpha value is -3.32. The molecular weight excluding hydrogens is 877 g/mol. The van der Waals surface area contributed by atoms with Gasteiger partial charge in [0.2, 0.25) is 0 Å². The van der Waals surface area contributed by atoms with Crippen molar-refractivity contribution in [2.24, 2.45) is 0 Å². The molecule has 1 heterocycles. The molecular formula is C57H98O12. The molecule has 398 valence electrons. The molecule has 1 saturated heterocycles. The second-order valence-electron chi connectivity index (χ2n) is 18.9. The van der Waals surface area contributed by atoms with Crippen LogP contribution in [0.1, 0.15) is 239 Å². The minimum Gasteiger partial charge on any atom is -0.479 e. The maximum absolute atomic E-state index is 13.1. The van der Waals surface area contributed by atoms with Crippen molar-refractivity contribution in [1.29, 1.82) is 0 Å². The van der Waals surface area contributed by atoms with Crippen LogP contribution in [0.4, 0.5) is 0 Å². The molecule has 6 unspecified atom stereocenters. The second kappa shape index (κ2) is 45.8. The molecule has 0 aromatic carbocycles. The summed E-state index contributed by atoms with van der Waals surface area (Å²) >= 11 is 0. The molecule has 3 N–H and O–H groups in total. The summed E-state index contributed by atoms with van der Waals surface area (Å²) in [5.74, 6) is -3.16. The fourth-order valence-corrected chi connectivity index (χ4v) is 8.18. The fraction of sp³-hybridized carbons (Fsp3) is 0.789. The number of carboxylic acid groups (broad SMARTS) is 1. The van der Waals surface area contributed by atoms with Gasteiger partial charge >= 0.3 is 23.9 Å². The smallest absolute Gasteiger partial charge is 0.335 e. The van der Waals surface area contributed by atoms with Crippen molar-refractivity contribution in [3.8, 4) is 0 Å². The standard InChI is InChI=1S/C57H98O12/c1-4-7-10-13-16-19-22-24-25-27-29-31-34-37-40-43-49(58)65-46-48(67-50(59)44-41-38-35-32-28-21-18-15-12-9-6-3)47-66-57-55(53(62)52(61)54(69-57)56(63)64)68-51(60)45-42-39-36-33-30-26-23-20-17-14-11-8-5-2/h7,10,16,19,24-25,29,31,48,52-55,57,61-62H,4-6,8-9,11-15,17-18,20-23,26-28,30,32-47H2,1-3H3,(H,63,64)/b10-7-,19-16-,25-24-,31-29-. The number of carbonyl (C=O) groups is 4. The lowest BCUT2D eigenvalue weighted by Gasteiger charge is -2.40. The van der Waals surface area contributed by atoms with Crippen molar-refractivity contribution < 1.29 is 58.2 Å². The summed E-state index contributed by atoms with van der Waals surface area (Å²) in [4.78, 5) is 50.9. The van der Waals surface area contributed by atoms with E-state index in [1.54, 1.807) is 0 Å². The molecule has 6 atom stereocenters. The molecule has 12 nitrogen and oxygen atoms in total. The van der Waals surface area contributed by atoms with Gasteiger partial charge in [-0.25, -0.2) is 4.79 Å². The van der Waals surface area contributed by atoms with Crippen LogP contribution in [0.3, 0.4) is 0 Å².